The van der Waals surface area contributed by atoms with Crippen molar-refractivity contribution in [2.45, 2.75) is 11.5 Å². The van der Waals surface area contributed by atoms with Gasteiger partial charge in [0.2, 0.25) is 10.0 Å². The summed E-state index contributed by atoms with van der Waals surface area (Å²) in [5.41, 5.74) is 0.695. The van der Waals surface area contributed by atoms with Gasteiger partial charge in [-0.2, -0.15) is 4.31 Å². The average Bonchev–Trinajstić information content (AvgIpc) is 2.85. The number of hydrogen-bond acceptors (Lipinski definition) is 7. The minimum Gasteiger partial charge on any atom is -0.489 e. The third-order valence-electron chi connectivity index (χ3n) is 5.03. The third kappa shape index (κ3) is 5.48. The molecule has 10 heteroatoms. The Hall–Kier alpha value is -3.47. The van der Waals surface area contributed by atoms with Gasteiger partial charge >= 0.3 is 0 Å². The van der Waals surface area contributed by atoms with Crippen molar-refractivity contribution < 1.29 is 27.6 Å². The van der Waals surface area contributed by atoms with Crippen LogP contribution in [0.25, 0.3) is 0 Å². The summed E-state index contributed by atoms with van der Waals surface area (Å²) < 4.78 is 44.4. The molecular weight excluding hydrogens is 448 g/mol. The van der Waals surface area contributed by atoms with Gasteiger partial charge in [-0.05, 0) is 35.9 Å². The zero-order valence-corrected chi connectivity index (χ0v) is 18.4. The Labute approximate surface area is 191 Å². The van der Waals surface area contributed by atoms with E-state index in [2.05, 4.69) is 0 Å². The van der Waals surface area contributed by atoms with Crippen molar-refractivity contribution in [3.05, 3.63) is 88.5 Å². The fraction of sp³-hybridized carbons (Fsp3) is 0.217. The fourth-order valence-corrected chi connectivity index (χ4v) is 4.84. The van der Waals surface area contributed by atoms with Crippen molar-refractivity contribution in [2.24, 2.45) is 0 Å². The highest BCUT2D eigenvalue weighted by atomic mass is 32.2. The van der Waals surface area contributed by atoms with Gasteiger partial charge in [0.25, 0.3) is 5.69 Å². The van der Waals surface area contributed by atoms with E-state index in [0.717, 1.165) is 11.6 Å². The highest BCUT2D eigenvalue weighted by Crippen LogP contribution is 2.34. The van der Waals surface area contributed by atoms with Crippen LogP contribution in [-0.2, 0) is 21.4 Å². The number of nitrogens with zero attached hydrogens (tertiary/aromatic N) is 2. The van der Waals surface area contributed by atoms with Crippen LogP contribution >= 0.6 is 0 Å². The molecule has 0 spiro atoms. The van der Waals surface area contributed by atoms with Crippen molar-refractivity contribution in [3.8, 4) is 17.2 Å². The summed E-state index contributed by atoms with van der Waals surface area (Å²) in [5, 5.41) is 11.2. The molecule has 0 atom stereocenters. The quantitative estimate of drug-likeness (QED) is 0.362. The SMILES string of the molecule is O=[N+]([O-])c1ccc(Oc2ccc(OCc3ccccc3)cc2)c(S(=O)(=O)N2CCOCC2)c1. The Kier molecular flexibility index (Phi) is 6.87. The zero-order valence-electron chi connectivity index (χ0n) is 17.6. The van der Waals surface area contributed by atoms with Crippen LogP contribution in [0.4, 0.5) is 5.69 Å². The first-order chi connectivity index (χ1) is 15.9. The molecular formula is C23H22N2O7S. The van der Waals surface area contributed by atoms with Crippen LogP contribution in [0.1, 0.15) is 5.56 Å². The Balaban J connectivity index is 1.55. The van der Waals surface area contributed by atoms with Gasteiger partial charge in [0.15, 0.2) is 0 Å². The maximum absolute atomic E-state index is 13.2. The summed E-state index contributed by atoms with van der Waals surface area (Å²) in [6.45, 7) is 1.25. The number of benzene rings is 3. The van der Waals surface area contributed by atoms with E-state index in [9.17, 15) is 18.5 Å². The van der Waals surface area contributed by atoms with E-state index in [-0.39, 0.29) is 42.6 Å². The number of non-ortho nitro benzene ring substituents is 1. The maximum Gasteiger partial charge on any atom is 0.271 e. The summed E-state index contributed by atoms with van der Waals surface area (Å²) in [6.07, 6.45) is 0. The van der Waals surface area contributed by atoms with Crippen molar-refractivity contribution in [1.29, 1.82) is 0 Å². The van der Waals surface area contributed by atoms with Gasteiger partial charge in [0.05, 0.1) is 18.1 Å². The number of hydrogen-bond donors (Lipinski definition) is 0. The molecule has 1 aliphatic heterocycles. The molecule has 1 heterocycles. The first-order valence-corrected chi connectivity index (χ1v) is 11.7. The number of nitro groups is 1. The first kappa shape index (κ1) is 22.7. The third-order valence-corrected chi connectivity index (χ3v) is 6.95. The summed E-state index contributed by atoms with van der Waals surface area (Å²) in [5.74, 6) is 0.996. The molecule has 9 nitrogen and oxygen atoms in total. The van der Waals surface area contributed by atoms with Crippen LogP contribution in [0, 0.1) is 10.1 Å². The average molecular weight is 471 g/mol. The minimum atomic E-state index is -4.02. The van der Waals surface area contributed by atoms with Crippen LogP contribution in [0.5, 0.6) is 17.2 Å². The molecule has 0 radical (unpaired) electrons. The highest BCUT2D eigenvalue weighted by molar-refractivity contribution is 7.89. The number of ether oxygens (including phenoxy) is 3. The van der Waals surface area contributed by atoms with Gasteiger partial charge in [-0.15, -0.1) is 0 Å². The molecule has 0 N–H and O–H groups in total. The van der Waals surface area contributed by atoms with Gasteiger partial charge in [-0.3, -0.25) is 10.1 Å². The largest absolute Gasteiger partial charge is 0.489 e. The van der Waals surface area contributed by atoms with Crippen LogP contribution in [0.2, 0.25) is 0 Å². The lowest BCUT2D eigenvalue weighted by atomic mass is 10.2. The van der Waals surface area contributed by atoms with Gasteiger partial charge in [-0.1, -0.05) is 30.3 Å². The Bertz CT molecular complexity index is 1210. The molecule has 1 aliphatic rings. The zero-order chi connectivity index (χ0) is 23.3. The molecule has 0 aromatic heterocycles. The van der Waals surface area contributed by atoms with Crippen LogP contribution < -0.4 is 9.47 Å². The van der Waals surface area contributed by atoms with Gasteiger partial charge < -0.3 is 14.2 Å². The Morgan fingerprint density at radius 2 is 1.61 bits per heavy atom. The van der Waals surface area contributed by atoms with Gasteiger partial charge in [-0.25, -0.2) is 8.42 Å². The monoisotopic (exact) mass is 470 g/mol. The standard InChI is InChI=1S/C23H22N2O7S/c26-25(27)19-6-11-22(23(16-19)33(28,29)24-12-14-30-15-13-24)32-21-9-7-20(8-10-21)31-17-18-4-2-1-3-5-18/h1-11,16H,12-15,17H2. The first-order valence-electron chi connectivity index (χ1n) is 10.2. The molecule has 0 bridgehead atoms. The second-order valence-corrected chi connectivity index (χ2v) is 9.16. The fourth-order valence-electron chi connectivity index (χ4n) is 3.29. The molecule has 4 rings (SSSR count). The van der Waals surface area contributed by atoms with E-state index < -0.39 is 14.9 Å². The summed E-state index contributed by atoms with van der Waals surface area (Å²) in [6, 6.07) is 20.0. The van der Waals surface area contributed by atoms with Gasteiger partial charge in [0, 0.05) is 25.2 Å². The molecule has 3 aromatic carbocycles. The lowest BCUT2D eigenvalue weighted by Gasteiger charge is -2.26. The van der Waals surface area contributed by atoms with E-state index in [1.807, 2.05) is 30.3 Å². The van der Waals surface area contributed by atoms with Crippen LogP contribution in [-0.4, -0.2) is 43.9 Å². The summed E-state index contributed by atoms with van der Waals surface area (Å²) >= 11 is 0. The second kappa shape index (κ2) is 9.99. The molecule has 0 amide bonds. The molecule has 33 heavy (non-hydrogen) atoms. The summed E-state index contributed by atoms with van der Waals surface area (Å²) in [4.78, 5) is 10.4. The molecule has 1 fully saturated rings. The van der Waals surface area contributed by atoms with Crippen molar-refractivity contribution in [2.75, 3.05) is 26.3 Å². The lowest BCUT2D eigenvalue weighted by molar-refractivity contribution is -0.385. The van der Waals surface area contributed by atoms with E-state index in [1.165, 1.54) is 16.4 Å². The number of rotatable bonds is 8. The minimum absolute atomic E-state index is 0.00467. The number of nitro benzene ring substituents is 1. The highest BCUT2D eigenvalue weighted by Gasteiger charge is 2.31. The Morgan fingerprint density at radius 3 is 2.27 bits per heavy atom. The predicted octanol–water partition coefficient (Wildman–Crippen LogP) is 3.99. The molecule has 1 saturated heterocycles. The molecule has 0 saturated carbocycles. The normalized spacial score (nSPS) is 14.5. The molecule has 172 valence electrons. The van der Waals surface area contributed by atoms with Gasteiger partial charge in [0.1, 0.15) is 28.8 Å². The molecule has 0 unspecified atom stereocenters. The van der Waals surface area contributed by atoms with E-state index >= 15 is 0 Å². The van der Waals surface area contributed by atoms with Crippen molar-refractivity contribution >= 4 is 15.7 Å². The number of morpholine rings is 1. The van der Waals surface area contributed by atoms with E-state index in [1.54, 1.807) is 24.3 Å². The van der Waals surface area contributed by atoms with E-state index in [4.69, 9.17) is 14.2 Å². The summed E-state index contributed by atoms with van der Waals surface area (Å²) in [7, 11) is -4.02. The second-order valence-electron chi connectivity index (χ2n) is 7.25. The van der Waals surface area contributed by atoms with Crippen molar-refractivity contribution in [1.82, 2.24) is 4.31 Å². The Morgan fingerprint density at radius 1 is 0.939 bits per heavy atom. The van der Waals surface area contributed by atoms with Crippen LogP contribution in [0.15, 0.2) is 77.7 Å². The topological polar surface area (TPSA) is 108 Å². The molecule has 0 aliphatic carbocycles. The number of sulfonamides is 1. The maximum atomic E-state index is 13.2. The lowest BCUT2D eigenvalue weighted by Crippen LogP contribution is -2.40. The smallest absolute Gasteiger partial charge is 0.271 e. The van der Waals surface area contributed by atoms with E-state index in [0.29, 0.717) is 18.1 Å². The van der Waals surface area contributed by atoms with Crippen LogP contribution in [0.3, 0.4) is 0 Å². The molecule has 3 aromatic rings. The van der Waals surface area contributed by atoms with Crippen molar-refractivity contribution in [3.63, 3.8) is 0 Å². The predicted molar refractivity (Wildman–Crippen MR) is 120 cm³/mol.